The van der Waals surface area contributed by atoms with Crippen LogP contribution in [-0.2, 0) is 19.1 Å². The van der Waals surface area contributed by atoms with Crippen LogP contribution in [0.5, 0.6) is 0 Å². The summed E-state index contributed by atoms with van der Waals surface area (Å²) in [4.78, 5) is 36.3. The van der Waals surface area contributed by atoms with E-state index in [9.17, 15) is 14.4 Å². The van der Waals surface area contributed by atoms with Gasteiger partial charge in [0.25, 0.3) is 0 Å². The van der Waals surface area contributed by atoms with Crippen molar-refractivity contribution in [3.8, 4) is 0 Å². The molecule has 1 aliphatic heterocycles. The van der Waals surface area contributed by atoms with Gasteiger partial charge in [-0.25, -0.2) is 0 Å². The molecular weight excluding hydrogens is 222 g/mol. The number of imide groups is 1. The molecule has 0 aliphatic carbocycles. The Balaban J connectivity index is 2.86. The molecule has 1 unspecified atom stereocenters. The second-order valence-corrected chi connectivity index (χ2v) is 4.30. The molecule has 0 aromatic heterocycles. The molecule has 2 amide bonds. The highest BCUT2D eigenvalue weighted by Crippen LogP contribution is 2.32. The number of hydrogen-bond donors (Lipinski definition) is 0. The van der Waals surface area contributed by atoms with Gasteiger partial charge < -0.3 is 4.74 Å². The van der Waals surface area contributed by atoms with Crippen LogP contribution in [0.1, 0.15) is 26.7 Å². The van der Waals surface area contributed by atoms with E-state index in [-0.39, 0.29) is 12.5 Å². The van der Waals surface area contributed by atoms with Gasteiger partial charge in [-0.2, -0.15) is 0 Å². The molecule has 1 aliphatic rings. The number of hydrogen-bond acceptors (Lipinski definition) is 4. The van der Waals surface area contributed by atoms with Gasteiger partial charge in [-0.15, -0.1) is 0 Å². The standard InChI is InChI=1S/C12H17NO4/c1-4-8-17-11(16)12(3)6-5-7-13(9(2)14)10(12)15/h4H,1,5-8H2,2-3H3. The summed E-state index contributed by atoms with van der Waals surface area (Å²) in [7, 11) is 0. The lowest BCUT2D eigenvalue weighted by Gasteiger charge is -2.35. The first kappa shape index (κ1) is 13.4. The van der Waals surface area contributed by atoms with Crippen molar-refractivity contribution in [1.29, 1.82) is 0 Å². The zero-order valence-corrected chi connectivity index (χ0v) is 10.2. The fourth-order valence-electron chi connectivity index (χ4n) is 1.88. The average Bonchev–Trinajstić information content (AvgIpc) is 2.29. The van der Waals surface area contributed by atoms with Gasteiger partial charge in [-0.3, -0.25) is 19.3 Å². The summed E-state index contributed by atoms with van der Waals surface area (Å²) >= 11 is 0. The first-order chi connectivity index (χ1) is 7.93. The van der Waals surface area contributed by atoms with Crippen LogP contribution >= 0.6 is 0 Å². The summed E-state index contributed by atoms with van der Waals surface area (Å²) < 4.78 is 4.92. The highest BCUT2D eigenvalue weighted by atomic mass is 16.5. The van der Waals surface area contributed by atoms with Crippen LogP contribution in [0.15, 0.2) is 12.7 Å². The molecule has 1 rings (SSSR count). The molecule has 1 saturated heterocycles. The van der Waals surface area contributed by atoms with Crippen molar-refractivity contribution in [3.05, 3.63) is 12.7 Å². The normalized spacial score (nSPS) is 24.4. The molecule has 0 aromatic rings. The number of likely N-dealkylation sites (tertiary alicyclic amines) is 1. The fourth-order valence-corrected chi connectivity index (χ4v) is 1.88. The van der Waals surface area contributed by atoms with E-state index >= 15 is 0 Å². The maximum Gasteiger partial charge on any atom is 0.321 e. The monoisotopic (exact) mass is 239 g/mol. The Labute approximate surface area is 100 Å². The first-order valence-corrected chi connectivity index (χ1v) is 5.54. The molecule has 1 atom stereocenters. The molecule has 5 nitrogen and oxygen atoms in total. The Morgan fingerprint density at radius 2 is 2.24 bits per heavy atom. The fraction of sp³-hybridized carbons (Fsp3) is 0.583. The molecule has 0 aromatic carbocycles. The summed E-state index contributed by atoms with van der Waals surface area (Å²) in [5.41, 5.74) is -1.24. The van der Waals surface area contributed by atoms with Crippen LogP contribution in [0, 0.1) is 5.41 Å². The van der Waals surface area contributed by atoms with Crippen LogP contribution in [0.3, 0.4) is 0 Å². The highest BCUT2D eigenvalue weighted by Gasteiger charge is 2.48. The lowest BCUT2D eigenvalue weighted by atomic mass is 9.81. The van der Waals surface area contributed by atoms with Crippen LogP contribution in [0.25, 0.3) is 0 Å². The lowest BCUT2D eigenvalue weighted by molar-refractivity contribution is -0.168. The van der Waals surface area contributed by atoms with Gasteiger partial charge in [0.2, 0.25) is 11.8 Å². The summed E-state index contributed by atoms with van der Waals surface area (Å²) in [6.07, 6.45) is 2.47. The average molecular weight is 239 g/mol. The van der Waals surface area contributed by atoms with Gasteiger partial charge in [0, 0.05) is 13.5 Å². The van der Waals surface area contributed by atoms with Crippen molar-refractivity contribution < 1.29 is 19.1 Å². The number of carbonyl (C=O) groups is 3. The SMILES string of the molecule is C=CCOC(=O)C1(C)CCCN(C(C)=O)C1=O. The van der Waals surface area contributed by atoms with Crippen molar-refractivity contribution in [2.45, 2.75) is 26.7 Å². The Kier molecular flexibility index (Phi) is 4.04. The van der Waals surface area contributed by atoms with Gasteiger partial charge in [0.05, 0.1) is 0 Å². The van der Waals surface area contributed by atoms with Gasteiger partial charge in [-0.05, 0) is 19.8 Å². The summed E-state index contributed by atoms with van der Waals surface area (Å²) in [5, 5.41) is 0. The van der Waals surface area contributed by atoms with Crippen molar-refractivity contribution in [2.24, 2.45) is 5.41 Å². The third kappa shape index (κ3) is 2.54. The van der Waals surface area contributed by atoms with E-state index < -0.39 is 17.3 Å². The minimum atomic E-state index is -1.24. The largest absolute Gasteiger partial charge is 0.461 e. The number of piperidine rings is 1. The maximum atomic E-state index is 12.1. The van der Waals surface area contributed by atoms with Gasteiger partial charge >= 0.3 is 5.97 Å². The molecule has 0 spiro atoms. The zero-order valence-electron chi connectivity index (χ0n) is 10.2. The van der Waals surface area contributed by atoms with Gasteiger partial charge in [0.1, 0.15) is 12.0 Å². The Hall–Kier alpha value is -1.65. The van der Waals surface area contributed by atoms with Crippen molar-refractivity contribution in [3.63, 3.8) is 0 Å². The third-order valence-corrected chi connectivity index (χ3v) is 2.94. The van der Waals surface area contributed by atoms with E-state index in [0.29, 0.717) is 19.4 Å². The Morgan fingerprint density at radius 3 is 2.76 bits per heavy atom. The molecular formula is C12H17NO4. The molecule has 0 radical (unpaired) electrons. The van der Waals surface area contributed by atoms with Crippen LogP contribution in [-0.4, -0.2) is 35.8 Å². The number of ether oxygens (including phenoxy) is 1. The molecule has 0 saturated carbocycles. The van der Waals surface area contributed by atoms with E-state index in [1.807, 2.05) is 0 Å². The third-order valence-electron chi connectivity index (χ3n) is 2.94. The lowest BCUT2D eigenvalue weighted by Crippen LogP contribution is -2.53. The topological polar surface area (TPSA) is 63.7 Å². The van der Waals surface area contributed by atoms with Gasteiger partial charge in [-0.1, -0.05) is 12.7 Å². The molecule has 5 heteroatoms. The van der Waals surface area contributed by atoms with E-state index in [4.69, 9.17) is 4.74 Å². The molecule has 94 valence electrons. The van der Waals surface area contributed by atoms with Crippen LogP contribution in [0.2, 0.25) is 0 Å². The van der Waals surface area contributed by atoms with Crippen molar-refractivity contribution in [1.82, 2.24) is 4.90 Å². The highest BCUT2D eigenvalue weighted by molar-refractivity contribution is 6.08. The second-order valence-electron chi connectivity index (χ2n) is 4.30. The predicted molar refractivity (Wildman–Crippen MR) is 60.9 cm³/mol. The smallest absolute Gasteiger partial charge is 0.321 e. The number of rotatable bonds is 3. The molecule has 1 heterocycles. The molecule has 1 fully saturated rings. The van der Waals surface area contributed by atoms with Crippen molar-refractivity contribution >= 4 is 17.8 Å². The second kappa shape index (κ2) is 5.12. The van der Waals surface area contributed by atoms with Crippen molar-refractivity contribution in [2.75, 3.05) is 13.2 Å². The number of esters is 1. The first-order valence-electron chi connectivity index (χ1n) is 5.54. The zero-order chi connectivity index (χ0) is 13.1. The Bertz CT molecular complexity index is 364. The quantitative estimate of drug-likeness (QED) is 0.417. The van der Waals surface area contributed by atoms with E-state index in [2.05, 4.69) is 6.58 Å². The molecule has 0 bridgehead atoms. The predicted octanol–water partition coefficient (Wildman–Crippen LogP) is 0.891. The molecule has 17 heavy (non-hydrogen) atoms. The minimum Gasteiger partial charge on any atom is -0.461 e. The Morgan fingerprint density at radius 1 is 1.59 bits per heavy atom. The number of nitrogens with zero attached hydrogens (tertiary/aromatic N) is 1. The summed E-state index contributed by atoms with van der Waals surface area (Å²) in [6, 6.07) is 0. The summed E-state index contributed by atoms with van der Waals surface area (Å²) in [6.45, 7) is 6.72. The minimum absolute atomic E-state index is 0.0712. The van der Waals surface area contributed by atoms with E-state index in [0.717, 1.165) is 4.90 Å². The van der Waals surface area contributed by atoms with Gasteiger partial charge in [0.15, 0.2) is 0 Å². The van der Waals surface area contributed by atoms with E-state index in [1.54, 1.807) is 0 Å². The maximum absolute atomic E-state index is 12.1. The van der Waals surface area contributed by atoms with Crippen LogP contribution in [0.4, 0.5) is 0 Å². The molecule has 0 N–H and O–H groups in total. The van der Waals surface area contributed by atoms with E-state index in [1.165, 1.54) is 19.9 Å². The number of amides is 2. The summed E-state index contributed by atoms with van der Waals surface area (Å²) in [5.74, 6) is -1.39. The number of carbonyl (C=O) groups excluding carboxylic acids is 3. The van der Waals surface area contributed by atoms with Crippen LogP contribution < -0.4 is 0 Å².